The van der Waals surface area contributed by atoms with Crippen LogP contribution in [0.5, 0.6) is 0 Å². The molecule has 2 heterocycles. The molecule has 2 aromatic rings. The Hall–Kier alpha value is -1.70. The van der Waals surface area contributed by atoms with E-state index in [1.807, 2.05) is 0 Å². The minimum atomic E-state index is 1.08. The second-order valence-corrected chi connectivity index (χ2v) is 5.39. The zero-order valence-corrected chi connectivity index (χ0v) is 10.6. The van der Waals surface area contributed by atoms with Gasteiger partial charge in [-0.3, -0.25) is 0 Å². The summed E-state index contributed by atoms with van der Waals surface area (Å²) in [4.78, 5) is 3.62. The van der Waals surface area contributed by atoms with Crippen LogP contribution >= 0.6 is 0 Å². The number of rotatable bonds is 0. The van der Waals surface area contributed by atoms with Crippen LogP contribution in [0.15, 0.2) is 29.8 Å². The molecule has 1 aliphatic heterocycles. The Morgan fingerprint density at radius 3 is 2.67 bits per heavy atom. The van der Waals surface area contributed by atoms with Gasteiger partial charge in [0.15, 0.2) is 0 Å². The third kappa shape index (κ3) is 1.41. The molecule has 0 atom stereocenters. The van der Waals surface area contributed by atoms with Gasteiger partial charge in [-0.15, -0.1) is 0 Å². The van der Waals surface area contributed by atoms with E-state index in [1.54, 1.807) is 5.57 Å². The molecule has 18 heavy (non-hydrogen) atoms. The molecule has 2 heteroatoms. The number of allylic oxidation sites excluding steroid dienone is 1. The number of aromatic amines is 1. The fourth-order valence-electron chi connectivity index (χ4n) is 3.43. The molecule has 92 valence electrons. The summed E-state index contributed by atoms with van der Waals surface area (Å²) in [6.45, 7) is 1.08. The monoisotopic (exact) mass is 238 g/mol. The Bertz CT molecular complexity index is 626. The van der Waals surface area contributed by atoms with Crippen molar-refractivity contribution in [2.24, 2.45) is 0 Å². The van der Waals surface area contributed by atoms with Crippen LogP contribution in [0.2, 0.25) is 0 Å². The third-order valence-electron chi connectivity index (χ3n) is 4.30. The largest absolute Gasteiger partial charge is 0.383 e. The Morgan fingerprint density at radius 1 is 0.944 bits per heavy atom. The van der Waals surface area contributed by atoms with Crippen molar-refractivity contribution in [2.45, 2.75) is 32.1 Å². The minimum absolute atomic E-state index is 1.08. The molecule has 1 aromatic carbocycles. The first-order chi connectivity index (χ1) is 8.93. The predicted molar refractivity (Wildman–Crippen MR) is 75.4 cm³/mol. The maximum Gasteiger partial charge on any atom is 0.0659 e. The van der Waals surface area contributed by atoms with E-state index in [0.717, 1.165) is 13.0 Å². The smallest absolute Gasteiger partial charge is 0.0659 e. The molecule has 2 aliphatic rings. The van der Waals surface area contributed by atoms with E-state index in [1.165, 1.54) is 53.5 Å². The van der Waals surface area contributed by atoms with E-state index < -0.39 is 0 Å². The molecule has 1 fully saturated rings. The molecule has 0 bridgehead atoms. The van der Waals surface area contributed by atoms with Gasteiger partial charge in [-0.2, -0.15) is 0 Å². The van der Waals surface area contributed by atoms with Gasteiger partial charge in [-0.05, 0) is 49.3 Å². The molecule has 2 N–H and O–H groups in total. The van der Waals surface area contributed by atoms with Crippen molar-refractivity contribution in [3.63, 3.8) is 0 Å². The molecule has 1 aliphatic carbocycles. The topological polar surface area (TPSA) is 27.8 Å². The summed E-state index contributed by atoms with van der Waals surface area (Å²) < 4.78 is 0. The van der Waals surface area contributed by atoms with Crippen molar-refractivity contribution in [3.8, 4) is 0 Å². The van der Waals surface area contributed by atoms with Crippen LogP contribution in [0, 0.1) is 0 Å². The SMILES string of the molecule is c1ccc2c3c([nH]c2c1)C(=C1CCCC1)NCC3. The Kier molecular flexibility index (Phi) is 2.22. The van der Waals surface area contributed by atoms with Crippen LogP contribution in [0.4, 0.5) is 0 Å². The molecule has 0 saturated heterocycles. The number of aromatic nitrogens is 1. The van der Waals surface area contributed by atoms with Crippen molar-refractivity contribution < 1.29 is 0 Å². The zero-order chi connectivity index (χ0) is 11.9. The molecule has 0 spiro atoms. The van der Waals surface area contributed by atoms with Crippen molar-refractivity contribution in [3.05, 3.63) is 41.1 Å². The van der Waals surface area contributed by atoms with E-state index >= 15 is 0 Å². The normalized spacial score (nSPS) is 19.1. The molecule has 0 amide bonds. The maximum absolute atomic E-state index is 3.63. The van der Waals surface area contributed by atoms with E-state index in [4.69, 9.17) is 0 Å². The van der Waals surface area contributed by atoms with E-state index in [0.29, 0.717) is 0 Å². The van der Waals surface area contributed by atoms with E-state index in [2.05, 4.69) is 34.6 Å². The van der Waals surface area contributed by atoms with Gasteiger partial charge in [0.2, 0.25) is 0 Å². The zero-order valence-electron chi connectivity index (χ0n) is 10.6. The molecule has 4 rings (SSSR count). The summed E-state index contributed by atoms with van der Waals surface area (Å²) in [6, 6.07) is 8.68. The lowest BCUT2D eigenvalue weighted by Crippen LogP contribution is -2.23. The molecule has 2 nitrogen and oxygen atoms in total. The van der Waals surface area contributed by atoms with Gasteiger partial charge in [0.1, 0.15) is 0 Å². The first-order valence-corrected chi connectivity index (χ1v) is 6.99. The maximum atomic E-state index is 3.63. The fourth-order valence-corrected chi connectivity index (χ4v) is 3.43. The molecular formula is C16H18N2. The van der Waals surface area contributed by atoms with E-state index in [-0.39, 0.29) is 0 Å². The standard InChI is InChI=1S/C16H18N2/c1-2-6-11(5-1)15-16-13(9-10-17-15)12-7-3-4-8-14(12)18-16/h3-4,7-8,17-18H,1-2,5-6,9-10H2. The van der Waals surface area contributed by atoms with Crippen LogP contribution in [0.1, 0.15) is 36.9 Å². The second kappa shape index (κ2) is 3.91. The molecular weight excluding hydrogens is 220 g/mol. The van der Waals surface area contributed by atoms with Gasteiger partial charge < -0.3 is 10.3 Å². The van der Waals surface area contributed by atoms with Gasteiger partial charge in [-0.1, -0.05) is 18.2 Å². The summed E-state index contributed by atoms with van der Waals surface area (Å²) in [5.41, 5.74) is 7.19. The highest BCUT2D eigenvalue weighted by molar-refractivity contribution is 5.90. The first-order valence-electron chi connectivity index (χ1n) is 6.99. The summed E-state index contributed by atoms with van der Waals surface area (Å²) in [5.74, 6) is 0. The second-order valence-electron chi connectivity index (χ2n) is 5.39. The Labute approximate surface area is 107 Å². The summed E-state index contributed by atoms with van der Waals surface area (Å²) in [5, 5.41) is 5.03. The average molecular weight is 238 g/mol. The predicted octanol–water partition coefficient (Wildman–Crippen LogP) is 3.60. The number of benzene rings is 1. The summed E-state index contributed by atoms with van der Waals surface area (Å²) in [6.07, 6.45) is 6.40. The molecule has 1 saturated carbocycles. The minimum Gasteiger partial charge on any atom is -0.383 e. The number of para-hydroxylation sites is 1. The van der Waals surface area contributed by atoms with Crippen LogP contribution in [-0.4, -0.2) is 11.5 Å². The lowest BCUT2D eigenvalue weighted by Gasteiger charge is -2.20. The Morgan fingerprint density at radius 2 is 1.78 bits per heavy atom. The fraction of sp³-hybridized carbons (Fsp3) is 0.375. The first kappa shape index (κ1) is 10.2. The van der Waals surface area contributed by atoms with Crippen molar-refractivity contribution >= 4 is 16.6 Å². The van der Waals surface area contributed by atoms with Gasteiger partial charge in [0, 0.05) is 17.4 Å². The van der Waals surface area contributed by atoms with Gasteiger partial charge >= 0.3 is 0 Å². The average Bonchev–Trinajstić information content (AvgIpc) is 3.05. The van der Waals surface area contributed by atoms with Gasteiger partial charge in [-0.25, -0.2) is 0 Å². The number of hydrogen-bond acceptors (Lipinski definition) is 1. The Balaban J connectivity index is 1.96. The van der Waals surface area contributed by atoms with Crippen LogP contribution in [-0.2, 0) is 6.42 Å². The molecule has 1 aromatic heterocycles. The summed E-state index contributed by atoms with van der Waals surface area (Å²) >= 11 is 0. The summed E-state index contributed by atoms with van der Waals surface area (Å²) in [7, 11) is 0. The number of nitrogens with one attached hydrogen (secondary N) is 2. The van der Waals surface area contributed by atoms with Crippen molar-refractivity contribution in [1.82, 2.24) is 10.3 Å². The number of fused-ring (bicyclic) bond motifs is 3. The highest BCUT2D eigenvalue weighted by Crippen LogP contribution is 2.35. The highest BCUT2D eigenvalue weighted by atomic mass is 14.9. The van der Waals surface area contributed by atoms with Crippen molar-refractivity contribution in [2.75, 3.05) is 6.54 Å². The van der Waals surface area contributed by atoms with Gasteiger partial charge in [0.05, 0.1) is 11.4 Å². The molecule has 0 unspecified atom stereocenters. The quantitative estimate of drug-likeness (QED) is 0.721. The van der Waals surface area contributed by atoms with E-state index in [9.17, 15) is 0 Å². The number of hydrogen-bond donors (Lipinski definition) is 2. The van der Waals surface area contributed by atoms with Crippen molar-refractivity contribution in [1.29, 1.82) is 0 Å². The molecule has 0 radical (unpaired) electrons. The lowest BCUT2D eigenvalue weighted by atomic mass is 9.99. The third-order valence-corrected chi connectivity index (χ3v) is 4.30. The number of H-pyrrole nitrogens is 1. The van der Waals surface area contributed by atoms with Crippen LogP contribution < -0.4 is 5.32 Å². The van der Waals surface area contributed by atoms with Crippen LogP contribution in [0.3, 0.4) is 0 Å². The van der Waals surface area contributed by atoms with Crippen LogP contribution in [0.25, 0.3) is 16.6 Å². The highest BCUT2D eigenvalue weighted by Gasteiger charge is 2.22. The lowest BCUT2D eigenvalue weighted by molar-refractivity contribution is 0.803. The van der Waals surface area contributed by atoms with Gasteiger partial charge in [0.25, 0.3) is 0 Å².